The number of hydrogen-bond acceptors (Lipinski definition) is 8. The molecular weight excluding hydrogens is 522 g/mol. The van der Waals surface area contributed by atoms with Gasteiger partial charge < -0.3 is 19.5 Å². The number of benzene rings is 2. The van der Waals surface area contributed by atoms with Crippen LogP contribution in [-0.4, -0.2) is 47.4 Å². The quantitative estimate of drug-likeness (QED) is 0.407. The second-order valence-electron chi connectivity index (χ2n) is 6.91. The van der Waals surface area contributed by atoms with Crippen LogP contribution in [0.2, 0.25) is 0 Å². The van der Waals surface area contributed by atoms with Gasteiger partial charge >= 0.3 is 11.9 Å². The van der Waals surface area contributed by atoms with Gasteiger partial charge in [0.15, 0.2) is 12.4 Å². The third kappa shape index (κ3) is 6.54. The average Bonchev–Trinajstić information content (AvgIpc) is 2.83. The maximum atomic E-state index is 12.7. The van der Waals surface area contributed by atoms with Crippen LogP contribution in [0.1, 0.15) is 34.7 Å². The molecule has 35 heavy (non-hydrogen) atoms. The summed E-state index contributed by atoms with van der Waals surface area (Å²) in [7, 11) is 0. The summed E-state index contributed by atoms with van der Waals surface area (Å²) in [5.74, 6) is -2.25. The summed E-state index contributed by atoms with van der Waals surface area (Å²) in [6, 6.07) is 14.2. The summed E-state index contributed by atoms with van der Waals surface area (Å²) >= 11 is 3.33. The van der Waals surface area contributed by atoms with E-state index in [0.717, 1.165) is 10.7 Å². The van der Waals surface area contributed by atoms with Crippen molar-refractivity contribution in [3.8, 4) is 11.4 Å². The Morgan fingerprint density at radius 3 is 2.40 bits per heavy atom. The molecule has 1 N–H and O–H groups in total. The number of amides is 1. The number of hydrogen-bond donors (Lipinski definition) is 1. The lowest BCUT2D eigenvalue weighted by molar-refractivity contribution is -0.118. The van der Waals surface area contributed by atoms with Crippen LogP contribution in [0.3, 0.4) is 0 Å². The van der Waals surface area contributed by atoms with Crippen molar-refractivity contribution in [2.24, 2.45) is 0 Å². The van der Waals surface area contributed by atoms with Crippen LogP contribution < -0.4 is 15.6 Å². The van der Waals surface area contributed by atoms with Gasteiger partial charge in [0.1, 0.15) is 0 Å². The normalized spacial score (nSPS) is 10.4. The van der Waals surface area contributed by atoms with Crippen molar-refractivity contribution in [3.05, 3.63) is 80.7 Å². The summed E-state index contributed by atoms with van der Waals surface area (Å²) in [6.07, 6.45) is 0. The number of carbonyl (C=O) groups excluding carboxylic acids is 3. The van der Waals surface area contributed by atoms with Gasteiger partial charge in [0.05, 0.1) is 36.2 Å². The summed E-state index contributed by atoms with van der Waals surface area (Å²) in [5, 5.41) is 6.67. The van der Waals surface area contributed by atoms with Gasteiger partial charge in [-0.3, -0.25) is 9.59 Å². The molecule has 0 radical (unpaired) electrons. The van der Waals surface area contributed by atoms with Gasteiger partial charge in [-0.25, -0.2) is 9.59 Å². The molecule has 0 saturated heterocycles. The van der Waals surface area contributed by atoms with Crippen LogP contribution >= 0.6 is 15.9 Å². The molecule has 11 heteroatoms. The molecule has 0 aliphatic heterocycles. The summed E-state index contributed by atoms with van der Waals surface area (Å²) in [5.41, 5.74) is -0.0401. The number of nitrogens with one attached hydrogen (secondary N) is 1. The van der Waals surface area contributed by atoms with Crippen molar-refractivity contribution < 1.29 is 28.6 Å². The van der Waals surface area contributed by atoms with E-state index in [-0.39, 0.29) is 35.9 Å². The van der Waals surface area contributed by atoms with Crippen LogP contribution in [0, 0.1) is 0 Å². The maximum Gasteiger partial charge on any atom is 0.362 e. The molecule has 182 valence electrons. The molecule has 3 aromatic rings. The Morgan fingerprint density at radius 2 is 1.69 bits per heavy atom. The van der Waals surface area contributed by atoms with Crippen molar-refractivity contribution in [2.45, 2.75) is 13.8 Å². The fourth-order valence-corrected chi connectivity index (χ4v) is 3.38. The number of anilines is 1. The predicted molar refractivity (Wildman–Crippen MR) is 130 cm³/mol. The highest BCUT2D eigenvalue weighted by molar-refractivity contribution is 9.10. The monoisotopic (exact) mass is 543 g/mol. The molecule has 0 saturated carbocycles. The second kappa shape index (κ2) is 11.9. The van der Waals surface area contributed by atoms with E-state index in [1.54, 1.807) is 50.2 Å². The maximum absolute atomic E-state index is 12.7. The zero-order chi connectivity index (χ0) is 25.4. The Kier molecular flexibility index (Phi) is 8.74. The van der Waals surface area contributed by atoms with Gasteiger partial charge in [0.2, 0.25) is 5.69 Å². The van der Waals surface area contributed by atoms with Gasteiger partial charge in [0.25, 0.3) is 11.5 Å². The van der Waals surface area contributed by atoms with E-state index < -0.39 is 30.0 Å². The van der Waals surface area contributed by atoms with Crippen molar-refractivity contribution in [1.82, 2.24) is 9.78 Å². The topological polar surface area (TPSA) is 126 Å². The number of aromatic nitrogens is 2. The first-order valence-corrected chi connectivity index (χ1v) is 11.4. The van der Waals surface area contributed by atoms with E-state index in [1.165, 1.54) is 12.1 Å². The number of rotatable bonds is 9. The number of ether oxygens (including phenoxy) is 3. The predicted octanol–water partition coefficient (Wildman–Crippen LogP) is 3.37. The van der Waals surface area contributed by atoms with Crippen LogP contribution in [0.25, 0.3) is 5.69 Å². The molecule has 0 atom stereocenters. The highest BCUT2D eigenvalue weighted by Crippen LogP contribution is 2.19. The number of para-hydroxylation sites is 1. The first kappa shape index (κ1) is 25.6. The standard InChI is InChI=1S/C24H22BrN3O7/c1-3-33-23(31)17-10-5-6-11-18(17)26-20(29)14-35-19-13-21(30)28(16-9-7-8-15(25)12-16)27-22(19)24(32)34-4-2/h5-13H,3-4,14H2,1-2H3,(H,26,29). The highest BCUT2D eigenvalue weighted by atomic mass is 79.9. The summed E-state index contributed by atoms with van der Waals surface area (Å²) in [4.78, 5) is 49.8. The summed E-state index contributed by atoms with van der Waals surface area (Å²) in [6.45, 7) is 2.98. The van der Waals surface area contributed by atoms with E-state index in [1.807, 2.05) is 0 Å². The SMILES string of the molecule is CCOC(=O)c1ccccc1NC(=O)COc1cc(=O)n(-c2cccc(Br)c2)nc1C(=O)OCC. The van der Waals surface area contributed by atoms with Gasteiger partial charge in [0, 0.05) is 4.47 Å². The molecule has 1 amide bonds. The molecule has 0 spiro atoms. The molecule has 0 unspecified atom stereocenters. The van der Waals surface area contributed by atoms with Gasteiger partial charge in [-0.15, -0.1) is 0 Å². The van der Waals surface area contributed by atoms with Gasteiger partial charge in [-0.2, -0.15) is 9.78 Å². The Balaban J connectivity index is 1.84. The first-order valence-electron chi connectivity index (χ1n) is 10.6. The van der Waals surface area contributed by atoms with Crippen LogP contribution in [0.4, 0.5) is 5.69 Å². The zero-order valence-electron chi connectivity index (χ0n) is 18.9. The molecule has 0 aliphatic carbocycles. The molecule has 3 rings (SSSR count). The van der Waals surface area contributed by atoms with E-state index >= 15 is 0 Å². The molecule has 0 aliphatic rings. The lowest BCUT2D eigenvalue weighted by atomic mass is 10.2. The molecule has 1 aromatic heterocycles. The lowest BCUT2D eigenvalue weighted by Gasteiger charge is -2.13. The third-order valence-corrected chi connectivity index (χ3v) is 4.97. The number of carbonyl (C=O) groups is 3. The molecule has 0 fully saturated rings. The molecule has 1 heterocycles. The minimum atomic E-state index is -0.820. The summed E-state index contributed by atoms with van der Waals surface area (Å²) < 4.78 is 17.2. The van der Waals surface area contributed by atoms with Crippen molar-refractivity contribution in [3.63, 3.8) is 0 Å². The number of nitrogens with zero attached hydrogens (tertiary/aromatic N) is 2. The second-order valence-corrected chi connectivity index (χ2v) is 7.83. The molecule has 10 nitrogen and oxygen atoms in total. The van der Waals surface area contributed by atoms with Crippen molar-refractivity contribution in [2.75, 3.05) is 25.1 Å². The van der Waals surface area contributed by atoms with E-state index in [4.69, 9.17) is 14.2 Å². The highest BCUT2D eigenvalue weighted by Gasteiger charge is 2.21. The van der Waals surface area contributed by atoms with E-state index in [0.29, 0.717) is 10.2 Å². The number of halogens is 1. The van der Waals surface area contributed by atoms with Gasteiger partial charge in [-0.1, -0.05) is 34.1 Å². The molecular formula is C24H22BrN3O7. The largest absolute Gasteiger partial charge is 0.481 e. The Morgan fingerprint density at radius 1 is 0.971 bits per heavy atom. The van der Waals surface area contributed by atoms with Crippen molar-refractivity contribution in [1.29, 1.82) is 0 Å². The van der Waals surface area contributed by atoms with E-state index in [2.05, 4.69) is 26.3 Å². The van der Waals surface area contributed by atoms with Crippen molar-refractivity contribution >= 4 is 39.5 Å². The van der Waals surface area contributed by atoms with Gasteiger partial charge in [-0.05, 0) is 44.2 Å². The minimum Gasteiger partial charge on any atom is -0.481 e. The fourth-order valence-electron chi connectivity index (χ4n) is 2.99. The molecule has 2 aromatic carbocycles. The Bertz CT molecular complexity index is 1310. The lowest BCUT2D eigenvalue weighted by Crippen LogP contribution is -2.27. The zero-order valence-corrected chi connectivity index (χ0v) is 20.5. The van der Waals surface area contributed by atoms with Crippen LogP contribution in [0.5, 0.6) is 5.75 Å². The first-order chi connectivity index (χ1) is 16.8. The average molecular weight is 544 g/mol. The smallest absolute Gasteiger partial charge is 0.362 e. The van der Waals surface area contributed by atoms with Crippen LogP contribution in [-0.2, 0) is 14.3 Å². The molecule has 0 bridgehead atoms. The van der Waals surface area contributed by atoms with Crippen LogP contribution in [0.15, 0.2) is 63.9 Å². The Labute approximate surface area is 208 Å². The fraction of sp³-hybridized carbons (Fsp3) is 0.208. The minimum absolute atomic E-state index is 0.0705. The Hall–Kier alpha value is -3.99. The number of esters is 2. The third-order valence-electron chi connectivity index (χ3n) is 4.47. The van der Waals surface area contributed by atoms with E-state index in [9.17, 15) is 19.2 Å².